The molecule has 3 heteroatoms. The van der Waals surface area contributed by atoms with Gasteiger partial charge in [0.1, 0.15) is 12.4 Å². The van der Waals surface area contributed by atoms with Crippen molar-refractivity contribution in [2.24, 2.45) is 5.92 Å². The van der Waals surface area contributed by atoms with Crippen LogP contribution in [0.3, 0.4) is 0 Å². The van der Waals surface area contributed by atoms with Gasteiger partial charge in [0.25, 0.3) is 0 Å². The highest BCUT2D eigenvalue weighted by molar-refractivity contribution is 5.83. The Bertz CT molecular complexity index is 174. The van der Waals surface area contributed by atoms with Crippen LogP contribution in [0.15, 0.2) is 0 Å². The van der Waals surface area contributed by atoms with Crippen LogP contribution in [0.5, 0.6) is 0 Å². The van der Waals surface area contributed by atoms with Gasteiger partial charge in [0.05, 0.1) is 5.92 Å². The van der Waals surface area contributed by atoms with Gasteiger partial charge in [0.2, 0.25) is 0 Å². The molecule has 62 valence electrons. The van der Waals surface area contributed by atoms with E-state index in [1.165, 1.54) is 6.92 Å². The van der Waals surface area contributed by atoms with Gasteiger partial charge in [0.15, 0.2) is 0 Å². The molecule has 1 saturated carbocycles. The maximum absolute atomic E-state index is 11.0. The largest absolute Gasteiger partial charge is 0.465 e. The van der Waals surface area contributed by atoms with Crippen LogP contribution in [0.4, 0.5) is 0 Å². The molecule has 0 aromatic rings. The Morgan fingerprint density at radius 2 is 2.45 bits per heavy atom. The van der Waals surface area contributed by atoms with E-state index in [-0.39, 0.29) is 24.3 Å². The summed E-state index contributed by atoms with van der Waals surface area (Å²) in [6, 6.07) is 0. The minimum Gasteiger partial charge on any atom is -0.465 e. The summed E-state index contributed by atoms with van der Waals surface area (Å²) in [6.07, 6.45) is 2.49. The normalized spacial score (nSPS) is 23.7. The molecule has 0 radical (unpaired) electrons. The van der Waals surface area contributed by atoms with E-state index in [9.17, 15) is 9.59 Å². The van der Waals surface area contributed by atoms with Gasteiger partial charge in [0, 0.05) is 13.3 Å². The fourth-order valence-corrected chi connectivity index (χ4v) is 1.28. The Balaban J connectivity index is 2.26. The van der Waals surface area contributed by atoms with Crippen molar-refractivity contribution in [1.82, 2.24) is 0 Å². The average molecular weight is 156 g/mol. The van der Waals surface area contributed by atoms with Gasteiger partial charge in [-0.2, -0.15) is 0 Å². The molecule has 0 saturated heterocycles. The summed E-state index contributed by atoms with van der Waals surface area (Å²) in [5, 5.41) is 0. The number of hydrogen-bond acceptors (Lipinski definition) is 3. The Morgan fingerprint density at radius 3 is 2.91 bits per heavy atom. The van der Waals surface area contributed by atoms with E-state index in [2.05, 4.69) is 0 Å². The van der Waals surface area contributed by atoms with E-state index in [4.69, 9.17) is 4.74 Å². The topological polar surface area (TPSA) is 43.4 Å². The molecule has 0 heterocycles. The Labute approximate surface area is 65.7 Å². The van der Waals surface area contributed by atoms with Crippen molar-refractivity contribution in [3.8, 4) is 0 Å². The van der Waals surface area contributed by atoms with Crippen molar-refractivity contribution >= 4 is 11.8 Å². The van der Waals surface area contributed by atoms with Crippen LogP contribution in [0.1, 0.15) is 26.2 Å². The average Bonchev–Trinajstić information content (AvgIpc) is 2.31. The summed E-state index contributed by atoms with van der Waals surface area (Å²) in [4.78, 5) is 21.4. The van der Waals surface area contributed by atoms with E-state index >= 15 is 0 Å². The lowest BCUT2D eigenvalue weighted by Gasteiger charge is -2.06. The van der Waals surface area contributed by atoms with Crippen LogP contribution >= 0.6 is 0 Å². The number of rotatable bonds is 2. The van der Waals surface area contributed by atoms with E-state index in [0.717, 1.165) is 12.8 Å². The molecule has 0 amide bonds. The third-order valence-electron chi connectivity index (χ3n) is 1.92. The van der Waals surface area contributed by atoms with Gasteiger partial charge in [-0.05, 0) is 12.8 Å². The third-order valence-corrected chi connectivity index (χ3v) is 1.92. The zero-order valence-electron chi connectivity index (χ0n) is 6.63. The number of carbonyl (C=O) groups excluding carboxylic acids is 2. The summed E-state index contributed by atoms with van der Waals surface area (Å²) in [7, 11) is 0. The van der Waals surface area contributed by atoms with Crippen molar-refractivity contribution in [3.63, 3.8) is 0 Å². The highest BCUT2D eigenvalue weighted by Gasteiger charge is 2.24. The first-order valence-electron chi connectivity index (χ1n) is 3.86. The van der Waals surface area contributed by atoms with Crippen molar-refractivity contribution < 1.29 is 14.3 Å². The molecule has 1 fully saturated rings. The van der Waals surface area contributed by atoms with Crippen LogP contribution in [-0.2, 0) is 14.3 Å². The molecule has 1 aliphatic rings. The first-order valence-corrected chi connectivity index (χ1v) is 3.86. The molecular weight excluding hydrogens is 144 g/mol. The molecular formula is C8H12O3. The molecule has 0 aromatic carbocycles. The lowest BCUT2D eigenvalue weighted by atomic mass is 10.1. The SMILES string of the molecule is CC(=O)OC[C@H]1CCCC1=O. The van der Waals surface area contributed by atoms with Crippen molar-refractivity contribution in [2.45, 2.75) is 26.2 Å². The quantitative estimate of drug-likeness (QED) is 0.558. The van der Waals surface area contributed by atoms with Crippen LogP contribution in [0.2, 0.25) is 0 Å². The van der Waals surface area contributed by atoms with Crippen molar-refractivity contribution in [2.75, 3.05) is 6.61 Å². The number of carbonyl (C=O) groups is 2. The highest BCUT2D eigenvalue weighted by atomic mass is 16.5. The zero-order chi connectivity index (χ0) is 8.27. The smallest absolute Gasteiger partial charge is 0.302 e. The number of Topliss-reactive ketones (excluding diaryl/α,β-unsaturated/α-hetero) is 1. The van der Waals surface area contributed by atoms with Gasteiger partial charge in [-0.25, -0.2) is 0 Å². The lowest BCUT2D eigenvalue weighted by Crippen LogP contribution is -2.15. The predicted molar refractivity (Wildman–Crippen MR) is 39.0 cm³/mol. The van der Waals surface area contributed by atoms with E-state index in [1.807, 2.05) is 0 Å². The van der Waals surface area contributed by atoms with Gasteiger partial charge in [-0.3, -0.25) is 9.59 Å². The van der Waals surface area contributed by atoms with Crippen LogP contribution in [0.25, 0.3) is 0 Å². The fraction of sp³-hybridized carbons (Fsp3) is 0.750. The molecule has 1 rings (SSSR count). The van der Waals surface area contributed by atoms with E-state index in [0.29, 0.717) is 6.42 Å². The summed E-state index contributed by atoms with van der Waals surface area (Å²) < 4.78 is 4.74. The van der Waals surface area contributed by atoms with Crippen LogP contribution < -0.4 is 0 Å². The number of hydrogen-bond donors (Lipinski definition) is 0. The first-order chi connectivity index (χ1) is 5.20. The zero-order valence-corrected chi connectivity index (χ0v) is 6.63. The molecule has 1 aliphatic carbocycles. The molecule has 0 unspecified atom stereocenters. The molecule has 0 bridgehead atoms. The van der Waals surface area contributed by atoms with E-state index in [1.54, 1.807) is 0 Å². The second kappa shape index (κ2) is 3.51. The van der Waals surface area contributed by atoms with Crippen molar-refractivity contribution in [1.29, 1.82) is 0 Å². The summed E-state index contributed by atoms with van der Waals surface area (Å²) in [5.74, 6) is -0.0742. The monoisotopic (exact) mass is 156 g/mol. The highest BCUT2D eigenvalue weighted by Crippen LogP contribution is 2.21. The second-order valence-corrected chi connectivity index (χ2v) is 2.86. The van der Waals surface area contributed by atoms with Gasteiger partial charge >= 0.3 is 5.97 Å². The Hall–Kier alpha value is -0.860. The number of ketones is 1. The Morgan fingerprint density at radius 1 is 1.73 bits per heavy atom. The van der Waals surface area contributed by atoms with Gasteiger partial charge in [-0.1, -0.05) is 0 Å². The maximum atomic E-state index is 11.0. The molecule has 0 aliphatic heterocycles. The second-order valence-electron chi connectivity index (χ2n) is 2.86. The summed E-state index contributed by atoms with van der Waals surface area (Å²) in [5.41, 5.74) is 0. The number of esters is 1. The summed E-state index contributed by atoms with van der Waals surface area (Å²) in [6.45, 7) is 1.65. The lowest BCUT2D eigenvalue weighted by molar-refractivity contribution is -0.143. The predicted octanol–water partition coefficient (Wildman–Crippen LogP) is 0.919. The molecule has 11 heavy (non-hydrogen) atoms. The Kier molecular flexibility index (Phi) is 2.63. The molecule has 3 nitrogen and oxygen atoms in total. The fourth-order valence-electron chi connectivity index (χ4n) is 1.28. The minimum absolute atomic E-state index is 0.0149. The van der Waals surface area contributed by atoms with Gasteiger partial charge in [-0.15, -0.1) is 0 Å². The summed E-state index contributed by atoms with van der Waals surface area (Å²) >= 11 is 0. The van der Waals surface area contributed by atoms with Gasteiger partial charge < -0.3 is 4.74 Å². The molecule has 0 aromatic heterocycles. The number of ether oxygens (including phenoxy) is 1. The minimum atomic E-state index is -0.301. The van der Waals surface area contributed by atoms with E-state index < -0.39 is 0 Å². The molecule has 0 spiro atoms. The third kappa shape index (κ3) is 2.33. The molecule has 0 N–H and O–H groups in total. The van der Waals surface area contributed by atoms with Crippen LogP contribution in [-0.4, -0.2) is 18.4 Å². The molecule has 1 atom stereocenters. The van der Waals surface area contributed by atoms with Crippen LogP contribution in [0, 0.1) is 5.92 Å². The standard InChI is InChI=1S/C8H12O3/c1-6(9)11-5-7-3-2-4-8(7)10/h7H,2-5H2,1H3/t7-/m1/s1. The van der Waals surface area contributed by atoms with Crippen molar-refractivity contribution in [3.05, 3.63) is 0 Å². The maximum Gasteiger partial charge on any atom is 0.302 e. The first kappa shape index (κ1) is 8.24.